The molecule has 3 saturated heterocycles. The number of nitrogens with zero attached hydrogens (tertiary/aromatic N) is 4. The highest BCUT2D eigenvalue weighted by atomic mass is 16.5. The van der Waals surface area contributed by atoms with Crippen LogP contribution in [0.2, 0.25) is 0 Å². The number of piperidine rings is 1. The molecule has 0 aromatic carbocycles. The van der Waals surface area contributed by atoms with E-state index < -0.39 is 0 Å². The second kappa shape index (κ2) is 7.73. The highest BCUT2D eigenvalue weighted by Crippen LogP contribution is 2.31. The SMILES string of the molecule is Cc1noc(C)c1CN1C(=O)[C@H]2CC[C@@H]1CN(C(=O)CCc1ccccn1)C2. The third-order valence-corrected chi connectivity index (χ3v) is 5.98. The molecular formula is C21H26N4O3. The zero-order chi connectivity index (χ0) is 19.7. The highest BCUT2D eigenvalue weighted by Gasteiger charge is 2.42. The minimum absolute atomic E-state index is 0.0544. The molecule has 2 amide bonds. The Bertz CT molecular complexity index is 844. The molecule has 0 spiro atoms. The van der Waals surface area contributed by atoms with Crippen LogP contribution in [0.15, 0.2) is 28.9 Å². The van der Waals surface area contributed by atoms with E-state index in [0.717, 1.165) is 35.6 Å². The molecule has 0 radical (unpaired) electrons. The quantitative estimate of drug-likeness (QED) is 0.793. The molecule has 0 unspecified atom stereocenters. The average Bonchev–Trinajstić information content (AvgIpc) is 2.88. The van der Waals surface area contributed by atoms with Gasteiger partial charge in [-0.25, -0.2) is 0 Å². The van der Waals surface area contributed by atoms with Gasteiger partial charge in [-0.1, -0.05) is 11.2 Å². The maximum Gasteiger partial charge on any atom is 0.228 e. The molecule has 5 rings (SSSR count). The van der Waals surface area contributed by atoms with Crippen molar-refractivity contribution in [2.75, 3.05) is 13.1 Å². The van der Waals surface area contributed by atoms with Gasteiger partial charge in [-0.15, -0.1) is 0 Å². The molecule has 0 N–H and O–H groups in total. The standard InChI is InChI=1S/C21H26N4O3/c1-14-19(15(2)28-23-14)13-25-18-8-6-16(21(25)27)11-24(12-18)20(26)9-7-17-5-3-4-10-22-17/h3-5,10,16,18H,6-9,11-13H2,1-2H3/t16-,18+/m0/s1. The molecule has 0 aliphatic carbocycles. The van der Waals surface area contributed by atoms with Gasteiger partial charge in [0.05, 0.1) is 18.2 Å². The van der Waals surface area contributed by atoms with E-state index in [1.807, 2.05) is 41.8 Å². The van der Waals surface area contributed by atoms with Crippen molar-refractivity contribution >= 4 is 11.8 Å². The Morgan fingerprint density at radius 3 is 2.82 bits per heavy atom. The molecule has 2 aromatic heterocycles. The fraction of sp³-hybridized carbons (Fsp3) is 0.524. The van der Waals surface area contributed by atoms with E-state index in [-0.39, 0.29) is 23.8 Å². The predicted octanol–water partition coefficient (Wildman–Crippen LogP) is 2.27. The van der Waals surface area contributed by atoms with Gasteiger partial charge in [-0.3, -0.25) is 14.6 Å². The Hall–Kier alpha value is -2.70. The third-order valence-electron chi connectivity index (χ3n) is 5.98. The van der Waals surface area contributed by atoms with Crippen molar-refractivity contribution in [2.45, 2.75) is 52.1 Å². The van der Waals surface area contributed by atoms with Gasteiger partial charge < -0.3 is 14.3 Å². The van der Waals surface area contributed by atoms with Crippen LogP contribution < -0.4 is 0 Å². The minimum Gasteiger partial charge on any atom is -0.361 e. The summed E-state index contributed by atoms with van der Waals surface area (Å²) in [6, 6.07) is 5.80. The lowest BCUT2D eigenvalue weighted by Gasteiger charge is -2.35. The number of pyridine rings is 1. The Labute approximate surface area is 164 Å². The van der Waals surface area contributed by atoms with Gasteiger partial charge in [-0.2, -0.15) is 0 Å². The van der Waals surface area contributed by atoms with Crippen LogP contribution in [0.1, 0.15) is 42.0 Å². The molecule has 148 valence electrons. The number of carbonyl (C=O) groups is 2. The second-order valence-corrected chi connectivity index (χ2v) is 7.82. The summed E-state index contributed by atoms with van der Waals surface area (Å²) in [5, 5.41) is 4.01. The number of hydrogen-bond donors (Lipinski definition) is 0. The van der Waals surface area contributed by atoms with Crippen LogP contribution in [-0.4, -0.2) is 50.9 Å². The molecule has 3 aliphatic heterocycles. The summed E-state index contributed by atoms with van der Waals surface area (Å²) in [5.74, 6) is 0.901. The van der Waals surface area contributed by atoms with Gasteiger partial charge in [0.25, 0.3) is 0 Å². The molecule has 3 aliphatic rings. The molecule has 2 atom stereocenters. The lowest BCUT2D eigenvalue weighted by Crippen LogP contribution is -2.47. The van der Waals surface area contributed by atoms with Crippen molar-refractivity contribution in [3.05, 3.63) is 47.1 Å². The van der Waals surface area contributed by atoms with E-state index in [1.54, 1.807) is 6.20 Å². The summed E-state index contributed by atoms with van der Waals surface area (Å²) in [7, 11) is 0. The van der Waals surface area contributed by atoms with Crippen LogP contribution >= 0.6 is 0 Å². The molecular weight excluding hydrogens is 356 g/mol. The summed E-state index contributed by atoms with van der Waals surface area (Å²) >= 11 is 0. The summed E-state index contributed by atoms with van der Waals surface area (Å²) in [4.78, 5) is 34.0. The van der Waals surface area contributed by atoms with Crippen LogP contribution in [0.25, 0.3) is 0 Å². The Morgan fingerprint density at radius 2 is 2.11 bits per heavy atom. The molecule has 5 heterocycles. The van der Waals surface area contributed by atoms with Gasteiger partial charge in [0, 0.05) is 43.0 Å². The van der Waals surface area contributed by atoms with Crippen molar-refractivity contribution in [3.8, 4) is 0 Å². The molecule has 2 aromatic rings. The van der Waals surface area contributed by atoms with Crippen LogP contribution in [0.4, 0.5) is 0 Å². The topological polar surface area (TPSA) is 79.5 Å². The third kappa shape index (κ3) is 3.66. The lowest BCUT2D eigenvalue weighted by molar-refractivity contribution is -0.140. The van der Waals surface area contributed by atoms with Crippen molar-refractivity contribution < 1.29 is 14.1 Å². The molecule has 28 heavy (non-hydrogen) atoms. The number of aromatic nitrogens is 2. The lowest BCUT2D eigenvalue weighted by atomic mass is 9.93. The van der Waals surface area contributed by atoms with Crippen LogP contribution in [0.5, 0.6) is 0 Å². The fourth-order valence-corrected chi connectivity index (χ4v) is 4.29. The first kappa shape index (κ1) is 18.7. The van der Waals surface area contributed by atoms with E-state index >= 15 is 0 Å². The van der Waals surface area contributed by atoms with Gasteiger partial charge in [0.15, 0.2) is 0 Å². The fourth-order valence-electron chi connectivity index (χ4n) is 4.29. The number of amides is 2. The van der Waals surface area contributed by atoms with E-state index in [4.69, 9.17) is 4.52 Å². The maximum atomic E-state index is 13.0. The summed E-state index contributed by atoms with van der Waals surface area (Å²) in [6.45, 7) is 5.42. The van der Waals surface area contributed by atoms with Crippen molar-refractivity contribution in [3.63, 3.8) is 0 Å². The Morgan fingerprint density at radius 1 is 1.25 bits per heavy atom. The second-order valence-electron chi connectivity index (χ2n) is 7.82. The van der Waals surface area contributed by atoms with Gasteiger partial charge in [0.2, 0.25) is 11.8 Å². The largest absolute Gasteiger partial charge is 0.361 e. The summed E-state index contributed by atoms with van der Waals surface area (Å²) in [6.07, 6.45) is 4.59. The highest BCUT2D eigenvalue weighted by molar-refractivity contribution is 5.83. The van der Waals surface area contributed by atoms with Gasteiger partial charge in [0.1, 0.15) is 5.76 Å². The Balaban J connectivity index is 1.45. The number of hydrogen-bond acceptors (Lipinski definition) is 5. The monoisotopic (exact) mass is 382 g/mol. The van der Waals surface area contributed by atoms with Crippen LogP contribution in [0, 0.1) is 19.8 Å². The first-order valence-electron chi connectivity index (χ1n) is 9.93. The minimum atomic E-state index is -0.113. The zero-order valence-electron chi connectivity index (χ0n) is 16.4. The predicted molar refractivity (Wildman–Crippen MR) is 102 cm³/mol. The van der Waals surface area contributed by atoms with Gasteiger partial charge >= 0.3 is 0 Å². The first-order chi connectivity index (χ1) is 13.5. The normalized spacial score (nSPS) is 21.9. The number of fused-ring (bicyclic) bond motifs is 4. The van der Waals surface area contributed by atoms with Crippen LogP contribution in [-0.2, 0) is 22.6 Å². The Kier molecular flexibility index (Phi) is 5.15. The van der Waals surface area contributed by atoms with Crippen molar-refractivity contribution in [1.82, 2.24) is 19.9 Å². The van der Waals surface area contributed by atoms with Crippen molar-refractivity contribution in [1.29, 1.82) is 0 Å². The summed E-state index contributed by atoms with van der Waals surface area (Å²) < 4.78 is 5.26. The first-order valence-corrected chi connectivity index (χ1v) is 9.93. The van der Waals surface area contributed by atoms with E-state index in [9.17, 15) is 9.59 Å². The number of aryl methyl sites for hydroxylation is 3. The number of rotatable bonds is 5. The number of carbonyl (C=O) groups excluding carboxylic acids is 2. The molecule has 2 bridgehead atoms. The van der Waals surface area contributed by atoms with Gasteiger partial charge in [-0.05, 0) is 45.2 Å². The average molecular weight is 382 g/mol. The molecule has 0 saturated carbocycles. The molecule has 7 heteroatoms. The smallest absolute Gasteiger partial charge is 0.228 e. The maximum absolute atomic E-state index is 13.0. The molecule has 3 fully saturated rings. The summed E-state index contributed by atoms with van der Waals surface area (Å²) in [5.41, 5.74) is 2.73. The zero-order valence-corrected chi connectivity index (χ0v) is 16.4. The molecule has 7 nitrogen and oxygen atoms in total. The van der Waals surface area contributed by atoms with Crippen LogP contribution in [0.3, 0.4) is 0 Å². The van der Waals surface area contributed by atoms with Crippen molar-refractivity contribution in [2.24, 2.45) is 5.92 Å². The van der Waals surface area contributed by atoms with E-state index in [0.29, 0.717) is 32.5 Å². The van der Waals surface area contributed by atoms with E-state index in [2.05, 4.69) is 10.1 Å². The van der Waals surface area contributed by atoms with E-state index in [1.165, 1.54) is 0 Å².